The molecule has 2 heterocycles. The normalized spacial score (nSPS) is 15.7. The molecule has 1 aliphatic rings. The summed E-state index contributed by atoms with van der Waals surface area (Å²) in [5.74, 6) is -1.78. The van der Waals surface area contributed by atoms with Crippen LogP contribution in [0.2, 0.25) is 0 Å². The van der Waals surface area contributed by atoms with Gasteiger partial charge in [0.1, 0.15) is 5.60 Å². The quantitative estimate of drug-likeness (QED) is 0.621. The molecule has 1 unspecified atom stereocenters. The van der Waals surface area contributed by atoms with Crippen molar-refractivity contribution >= 4 is 18.0 Å². The highest BCUT2D eigenvalue weighted by Gasteiger charge is 2.37. The molecule has 2 aromatic rings. The van der Waals surface area contributed by atoms with Crippen LogP contribution in [0.3, 0.4) is 0 Å². The smallest absolute Gasteiger partial charge is 0.410 e. The van der Waals surface area contributed by atoms with Gasteiger partial charge in [-0.1, -0.05) is 18.2 Å². The zero-order chi connectivity index (χ0) is 24.2. The van der Waals surface area contributed by atoms with Gasteiger partial charge in [0.25, 0.3) is 5.88 Å². The molecule has 0 aliphatic carbocycles. The fraction of sp³-hybridized carbons (Fsp3) is 0.435. The molecule has 10 heteroatoms. The Labute approximate surface area is 191 Å². The van der Waals surface area contributed by atoms with Crippen LogP contribution >= 0.6 is 0 Å². The summed E-state index contributed by atoms with van der Waals surface area (Å²) in [5, 5.41) is 0. The topological polar surface area (TPSA) is 117 Å². The van der Waals surface area contributed by atoms with Crippen LogP contribution in [0.5, 0.6) is 11.6 Å². The zero-order valence-electron chi connectivity index (χ0n) is 19.3. The van der Waals surface area contributed by atoms with Crippen LogP contribution in [0.1, 0.15) is 66.3 Å². The number of benzene rings is 1. The van der Waals surface area contributed by atoms with E-state index in [2.05, 4.69) is 9.97 Å². The highest BCUT2D eigenvalue weighted by Crippen LogP contribution is 2.36. The zero-order valence-corrected chi connectivity index (χ0v) is 19.3. The Morgan fingerprint density at radius 3 is 2.33 bits per heavy atom. The van der Waals surface area contributed by atoms with Crippen LogP contribution in [-0.2, 0) is 9.47 Å². The highest BCUT2D eigenvalue weighted by molar-refractivity contribution is 5.95. The minimum Gasteiger partial charge on any atom is -0.478 e. The monoisotopic (exact) mass is 457 g/mol. The summed E-state index contributed by atoms with van der Waals surface area (Å²) in [6.45, 7) is 5.78. The first-order valence-electron chi connectivity index (χ1n) is 10.5. The lowest BCUT2D eigenvalue weighted by atomic mass is 10.2. The number of amides is 1. The third-order valence-corrected chi connectivity index (χ3v) is 4.81. The van der Waals surface area contributed by atoms with Crippen LogP contribution in [0.15, 0.2) is 30.3 Å². The average Bonchev–Trinajstić information content (AvgIpc) is 3.28. The van der Waals surface area contributed by atoms with Crippen LogP contribution in [0, 0.1) is 0 Å². The van der Waals surface area contributed by atoms with E-state index in [-0.39, 0.29) is 28.7 Å². The molecular formula is C23H27N3O7. The van der Waals surface area contributed by atoms with Crippen LogP contribution in [0.25, 0.3) is 0 Å². The lowest BCUT2D eigenvalue weighted by molar-refractivity contribution is 0.0217. The van der Waals surface area contributed by atoms with Crippen molar-refractivity contribution in [3.05, 3.63) is 47.4 Å². The summed E-state index contributed by atoms with van der Waals surface area (Å²) in [6, 6.07) is 7.71. The van der Waals surface area contributed by atoms with E-state index < -0.39 is 29.7 Å². The van der Waals surface area contributed by atoms with E-state index in [1.165, 1.54) is 19.1 Å². The highest BCUT2D eigenvalue weighted by atomic mass is 16.6. The van der Waals surface area contributed by atoms with Gasteiger partial charge in [0.05, 0.1) is 25.8 Å². The second kappa shape index (κ2) is 9.85. The Hall–Kier alpha value is -3.69. The number of methoxy groups -OCH3 is 2. The molecule has 33 heavy (non-hydrogen) atoms. The average molecular weight is 457 g/mol. The van der Waals surface area contributed by atoms with Gasteiger partial charge in [-0.25, -0.2) is 19.4 Å². The van der Waals surface area contributed by atoms with Crippen molar-refractivity contribution in [1.82, 2.24) is 14.9 Å². The number of esters is 2. The Kier molecular flexibility index (Phi) is 7.15. The summed E-state index contributed by atoms with van der Waals surface area (Å²) in [4.78, 5) is 48.0. The van der Waals surface area contributed by atoms with Gasteiger partial charge in [0, 0.05) is 6.54 Å². The molecule has 1 fully saturated rings. The molecule has 10 nitrogen and oxygen atoms in total. The van der Waals surface area contributed by atoms with Gasteiger partial charge < -0.3 is 18.9 Å². The van der Waals surface area contributed by atoms with Crippen molar-refractivity contribution in [2.45, 2.75) is 45.3 Å². The lowest BCUT2D eigenvalue weighted by Crippen LogP contribution is -2.37. The number of rotatable bonds is 5. The first-order valence-corrected chi connectivity index (χ1v) is 10.5. The molecule has 0 saturated carbocycles. The van der Waals surface area contributed by atoms with Gasteiger partial charge in [-0.05, 0) is 45.7 Å². The second-order valence-corrected chi connectivity index (χ2v) is 8.35. The molecule has 3 rings (SSSR count). The largest absolute Gasteiger partial charge is 0.478 e. The predicted molar refractivity (Wildman–Crippen MR) is 116 cm³/mol. The summed E-state index contributed by atoms with van der Waals surface area (Å²) >= 11 is 0. The third kappa shape index (κ3) is 5.57. The van der Waals surface area contributed by atoms with E-state index in [0.717, 1.165) is 0 Å². The third-order valence-electron chi connectivity index (χ3n) is 4.81. The maximum Gasteiger partial charge on any atom is 0.410 e. The first kappa shape index (κ1) is 24.0. The summed E-state index contributed by atoms with van der Waals surface area (Å²) < 4.78 is 21.1. The van der Waals surface area contributed by atoms with Crippen molar-refractivity contribution < 1.29 is 33.3 Å². The summed E-state index contributed by atoms with van der Waals surface area (Å²) in [5.41, 5.74) is -0.680. The first-order chi connectivity index (χ1) is 15.6. The standard InChI is InChI=1S/C23H27N3O7/c1-23(2,3)33-22(29)26-13-9-12-15(26)18-24-16(21(28)31-5)17(19(25-18)30-4)32-20(27)14-10-7-6-8-11-14/h6-8,10-11,15H,9,12-13H2,1-5H3. The van der Waals surface area contributed by atoms with Crippen LogP contribution in [-0.4, -0.2) is 59.3 Å². The molecule has 0 radical (unpaired) electrons. The fourth-order valence-electron chi connectivity index (χ4n) is 3.36. The number of carbonyl (C=O) groups is 3. The number of ether oxygens (including phenoxy) is 4. The number of aromatic nitrogens is 2. The number of likely N-dealkylation sites (tertiary alicyclic amines) is 1. The van der Waals surface area contributed by atoms with Gasteiger partial charge >= 0.3 is 18.0 Å². The van der Waals surface area contributed by atoms with Gasteiger partial charge in [0.15, 0.2) is 11.5 Å². The number of hydrogen-bond acceptors (Lipinski definition) is 9. The molecule has 0 spiro atoms. The van der Waals surface area contributed by atoms with Crippen molar-refractivity contribution in [1.29, 1.82) is 0 Å². The van der Waals surface area contributed by atoms with E-state index in [9.17, 15) is 14.4 Å². The van der Waals surface area contributed by atoms with Crippen LogP contribution in [0.4, 0.5) is 4.79 Å². The Balaban J connectivity index is 2.00. The van der Waals surface area contributed by atoms with Gasteiger partial charge in [-0.3, -0.25) is 4.90 Å². The van der Waals surface area contributed by atoms with Gasteiger partial charge in [-0.2, -0.15) is 4.98 Å². The number of hydrogen-bond donors (Lipinski definition) is 0. The SMILES string of the molecule is COC(=O)c1nc(C2CCCN2C(=O)OC(C)(C)C)nc(OC)c1OC(=O)c1ccccc1. The molecule has 1 saturated heterocycles. The van der Waals surface area contributed by atoms with Gasteiger partial charge in [-0.15, -0.1) is 0 Å². The predicted octanol–water partition coefficient (Wildman–Crippen LogP) is 3.56. The number of carbonyl (C=O) groups excluding carboxylic acids is 3. The van der Waals surface area contributed by atoms with Gasteiger partial charge in [0.2, 0.25) is 5.75 Å². The molecule has 1 aliphatic heterocycles. The molecule has 0 bridgehead atoms. The Bertz CT molecular complexity index is 1030. The lowest BCUT2D eigenvalue weighted by Gasteiger charge is -2.28. The van der Waals surface area contributed by atoms with E-state index >= 15 is 0 Å². The molecule has 0 N–H and O–H groups in total. The molecular weight excluding hydrogens is 430 g/mol. The molecule has 1 atom stereocenters. The maximum absolute atomic E-state index is 12.7. The van der Waals surface area contributed by atoms with E-state index in [1.54, 1.807) is 51.1 Å². The second-order valence-electron chi connectivity index (χ2n) is 8.35. The summed E-state index contributed by atoms with van der Waals surface area (Å²) in [6.07, 6.45) is 0.756. The van der Waals surface area contributed by atoms with Crippen molar-refractivity contribution in [3.8, 4) is 11.6 Å². The molecule has 176 valence electrons. The fourth-order valence-corrected chi connectivity index (χ4v) is 3.36. The molecule has 1 aromatic heterocycles. The van der Waals surface area contributed by atoms with E-state index in [4.69, 9.17) is 18.9 Å². The number of nitrogens with zero attached hydrogens (tertiary/aromatic N) is 3. The van der Waals surface area contributed by atoms with Crippen LogP contribution < -0.4 is 9.47 Å². The minimum atomic E-state index is -0.838. The Morgan fingerprint density at radius 1 is 1.03 bits per heavy atom. The minimum absolute atomic E-state index is 0.124. The molecule has 1 amide bonds. The van der Waals surface area contributed by atoms with Crippen molar-refractivity contribution in [2.75, 3.05) is 20.8 Å². The maximum atomic E-state index is 12.7. The van der Waals surface area contributed by atoms with E-state index in [1.807, 2.05) is 0 Å². The Morgan fingerprint density at radius 2 is 1.73 bits per heavy atom. The van der Waals surface area contributed by atoms with Crippen molar-refractivity contribution in [3.63, 3.8) is 0 Å². The molecule has 1 aromatic carbocycles. The van der Waals surface area contributed by atoms with E-state index in [0.29, 0.717) is 19.4 Å². The van der Waals surface area contributed by atoms with Crippen molar-refractivity contribution in [2.24, 2.45) is 0 Å². The summed E-state index contributed by atoms with van der Waals surface area (Å²) in [7, 11) is 2.51.